The van der Waals surface area contributed by atoms with Gasteiger partial charge in [-0.15, -0.1) is 0 Å². The van der Waals surface area contributed by atoms with Crippen LogP contribution in [0.25, 0.3) is 10.8 Å². The molecule has 0 atom stereocenters. The molecule has 0 heterocycles. The molecule has 0 aliphatic rings. The molecular formula is C22H12N4O10. The molecule has 14 nitrogen and oxygen atoms in total. The fourth-order valence-electron chi connectivity index (χ4n) is 3.28. The first kappa shape index (κ1) is 23.5. The molecule has 180 valence electrons. The van der Waals surface area contributed by atoms with Gasteiger partial charge in [0.1, 0.15) is 11.5 Å². The first-order valence-corrected chi connectivity index (χ1v) is 9.87. The summed E-state index contributed by atoms with van der Waals surface area (Å²) in [5, 5.41) is 45.8. The van der Waals surface area contributed by atoms with Gasteiger partial charge < -0.3 is 9.47 Å². The van der Waals surface area contributed by atoms with Gasteiger partial charge in [0.25, 0.3) is 11.4 Å². The number of benzene rings is 4. The lowest BCUT2D eigenvalue weighted by molar-refractivity contribution is -0.394. The van der Waals surface area contributed by atoms with Gasteiger partial charge in [0.2, 0.25) is 11.5 Å². The molecule has 0 amide bonds. The highest BCUT2D eigenvalue weighted by Crippen LogP contribution is 2.37. The molecule has 0 radical (unpaired) electrons. The summed E-state index contributed by atoms with van der Waals surface area (Å²) in [6.07, 6.45) is 0. The highest BCUT2D eigenvalue weighted by Gasteiger charge is 2.22. The van der Waals surface area contributed by atoms with Crippen LogP contribution in [0, 0.1) is 40.5 Å². The van der Waals surface area contributed by atoms with Gasteiger partial charge in [-0.1, -0.05) is 12.1 Å². The number of non-ortho nitro benzene ring substituents is 2. The molecule has 0 bridgehead atoms. The van der Waals surface area contributed by atoms with Gasteiger partial charge in [0.05, 0.1) is 31.8 Å². The van der Waals surface area contributed by atoms with E-state index >= 15 is 0 Å². The van der Waals surface area contributed by atoms with Crippen LogP contribution >= 0.6 is 0 Å². The van der Waals surface area contributed by atoms with Crippen molar-refractivity contribution in [3.63, 3.8) is 0 Å². The van der Waals surface area contributed by atoms with Crippen molar-refractivity contribution in [3.8, 4) is 23.0 Å². The summed E-state index contributed by atoms with van der Waals surface area (Å²) in [6, 6.07) is 15.4. The number of nitro benzene ring substituents is 4. The Kier molecular flexibility index (Phi) is 6.07. The number of hydrogen-bond donors (Lipinski definition) is 0. The van der Waals surface area contributed by atoms with E-state index < -0.39 is 42.4 Å². The van der Waals surface area contributed by atoms with Crippen molar-refractivity contribution in [1.29, 1.82) is 0 Å². The lowest BCUT2D eigenvalue weighted by Gasteiger charge is -2.10. The van der Waals surface area contributed by atoms with Crippen molar-refractivity contribution in [2.45, 2.75) is 0 Å². The second-order valence-electron chi connectivity index (χ2n) is 7.21. The molecule has 4 aromatic rings. The van der Waals surface area contributed by atoms with Crippen LogP contribution in [0.15, 0.2) is 72.8 Å². The maximum Gasteiger partial charge on any atom is 0.318 e. The van der Waals surface area contributed by atoms with Crippen LogP contribution in [0.1, 0.15) is 0 Å². The molecule has 36 heavy (non-hydrogen) atoms. The molecular weight excluding hydrogens is 480 g/mol. The van der Waals surface area contributed by atoms with E-state index in [9.17, 15) is 40.5 Å². The average molecular weight is 492 g/mol. The summed E-state index contributed by atoms with van der Waals surface area (Å²) in [7, 11) is 0. The standard InChI is InChI=1S/C22H12N4O10/c27-23(28)15-3-7-21(19(11-15)25(31)32)35-17-5-1-13-2-6-18(10-14(13)9-17)36-22-8-4-16(24(29)30)12-20(22)26(33)34/h1-12H. The first-order valence-electron chi connectivity index (χ1n) is 9.87. The molecule has 4 aromatic carbocycles. The fraction of sp³-hybridized carbons (Fsp3) is 0. The van der Waals surface area contributed by atoms with E-state index in [0.717, 1.165) is 36.4 Å². The van der Waals surface area contributed by atoms with E-state index in [-0.39, 0.29) is 23.0 Å². The van der Waals surface area contributed by atoms with Crippen LogP contribution in [0.2, 0.25) is 0 Å². The SMILES string of the molecule is O=[N+]([O-])c1ccc(Oc2ccc3ccc(Oc4ccc([N+](=O)[O-])cc4[N+](=O)[O-])cc3c2)c([N+](=O)[O-])c1. The summed E-state index contributed by atoms with van der Waals surface area (Å²) in [5.41, 5.74) is -2.11. The zero-order chi connectivity index (χ0) is 26.0. The maximum atomic E-state index is 11.4. The van der Waals surface area contributed by atoms with Crippen molar-refractivity contribution in [2.24, 2.45) is 0 Å². The lowest BCUT2D eigenvalue weighted by atomic mass is 10.1. The predicted octanol–water partition coefficient (Wildman–Crippen LogP) is 6.06. The van der Waals surface area contributed by atoms with Gasteiger partial charge >= 0.3 is 11.4 Å². The van der Waals surface area contributed by atoms with Gasteiger partial charge in [0, 0.05) is 12.1 Å². The highest BCUT2D eigenvalue weighted by molar-refractivity contribution is 5.85. The molecule has 14 heteroatoms. The molecule has 0 aliphatic heterocycles. The van der Waals surface area contributed by atoms with Crippen LogP contribution in [0.3, 0.4) is 0 Å². The summed E-state index contributed by atoms with van der Waals surface area (Å²) in [5.74, 6) is -0.0615. The van der Waals surface area contributed by atoms with Gasteiger partial charge in [0.15, 0.2) is 0 Å². The van der Waals surface area contributed by atoms with E-state index in [1.807, 2.05) is 0 Å². The molecule has 0 saturated heterocycles. The summed E-state index contributed by atoms with van der Waals surface area (Å²) in [6.45, 7) is 0. The summed E-state index contributed by atoms with van der Waals surface area (Å²) in [4.78, 5) is 41.4. The number of fused-ring (bicyclic) bond motifs is 1. The van der Waals surface area contributed by atoms with Crippen molar-refractivity contribution in [1.82, 2.24) is 0 Å². The molecule has 0 saturated carbocycles. The third-order valence-electron chi connectivity index (χ3n) is 4.94. The minimum atomic E-state index is -0.799. The van der Waals surface area contributed by atoms with Crippen LogP contribution in [-0.2, 0) is 0 Å². The Labute approximate surface area is 199 Å². The largest absolute Gasteiger partial charge is 0.450 e. The molecule has 0 aliphatic carbocycles. The summed E-state index contributed by atoms with van der Waals surface area (Å²) < 4.78 is 11.2. The van der Waals surface area contributed by atoms with Gasteiger partial charge in [-0.05, 0) is 47.2 Å². The Balaban J connectivity index is 1.66. The second kappa shape index (κ2) is 9.30. The average Bonchev–Trinajstić information content (AvgIpc) is 2.83. The zero-order valence-electron chi connectivity index (χ0n) is 17.8. The van der Waals surface area contributed by atoms with Crippen LogP contribution in [0.4, 0.5) is 22.7 Å². The van der Waals surface area contributed by atoms with Crippen molar-refractivity contribution in [2.75, 3.05) is 0 Å². The fourth-order valence-corrected chi connectivity index (χ4v) is 3.28. The maximum absolute atomic E-state index is 11.4. The van der Waals surface area contributed by atoms with E-state index in [1.54, 1.807) is 12.1 Å². The Morgan fingerprint density at radius 1 is 0.472 bits per heavy atom. The molecule has 0 fully saturated rings. The van der Waals surface area contributed by atoms with Crippen LogP contribution < -0.4 is 9.47 Å². The van der Waals surface area contributed by atoms with Gasteiger partial charge in [-0.3, -0.25) is 40.5 Å². The number of ether oxygens (including phenoxy) is 2. The highest BCUT2D eigenvalue weighted by atomic mass is 16.6. The lowest BCUT2D eigenvalue weighted by Crippen LogP contribution is -1.96. The first-order chi connectivity index (χ1) is 17.1. The molecule has 4 rings (SSSR count). The third-order valence-corrected chi connectivity index (χ3v) is 4.94. The molecule has 0 N–H and O–H groups in total. The molecule has 0 unspecified atom stereocenters. The Hall–Kier alpha value is -5.66. The monoisotopic (exact) mass is 492 g/mol. The Bertz CT molecular complexity index is 1460. The van der Waals surface area contributed by atoms with Crippen LogP contribution in [-0.4, -0.2) is 19.7 Å². The quantitative estimate of drug-likeness (QED) is 0.206. The van der Waals surface area contributed by atoms with E-state index in [1.165, 1.54) is 24.3 Å². The smallest absolute Gasteiger partial charge is 0.318 e. The Morgan fingerprint density at radius 3 is 1.25 bits per heavy atom. The van der Waals surface area contributed by atoms with Gasteiger partial charge in [-0.25, -0.2) is 0 Å². The number of rotatable bonds is 8. The minimum absolute atomic E-state index is 0.179. The second-order valence-corrected chi connectivity index (χ2v) is 7.21. The molecule has 0 spiro atoms. The van der Waals surface area contributed by atoms with Crippen molar-refractivity contribution in [3.05, 3.63) is 113 Å². The minimum Gasteiger partial charge on any atom is -0.450 e. The third kappa shape index (κ3) is 4.81. The van der Waals surface area contributed by atoms with E-state index in [2.05, 4.69) is 0 Å². The summed E-state index contributed by atoms with van der Waals surface area (Å²) >= 11 is 0. The molecule has 0 aromatic heterocycles. The number of nitro groups is 4. The number of nitrogens with zero attached hydrogens (tertiary/aromatic N) is 4. The Morgan fingerprint density at radius 2 is 0.889 bits per heavy atom. The number of hydrogen-bond acceptors (Lipinski definition) is 10. The van der Waals surface area contributed by atoms with Crippen molar-refractivity contribution < 1.29 is 29.2 Å². The van der Waals surface area contributed by atoms with Crippen molar-refractivity contribution >= 4 is 33.5 Å². The van der Waals surface area contributed by atoms with Crippen LogP contribution in [0.5, 0.6) is 23.0 Å². The van der Waals surface area contributed by atoms with E-state index in [4.69, 9.17) is 9.47 Å². The topological polar surface area (TPSA) is 191 Å². The predicted molar refractivity (Wildman–Crippen MR) is 124 cm³/mol. The zero-order valence-corrected chi connectivity index (χ0v) is 17.8. The van der Waals surface area contributed by atoms with Gasteiger partial charge in [-0.2, -0.15) is 0 Å². The van der Waals surface area contributed by atoms with E-state index in [0.29, 0.717) is 10.8 Å². The normalized spacial score (nSPS) is 10.6.